The molecule has 1 aliphatic carbocycles. The van der Waals surface area contributed by atoms with Gasteiger partial charge in [-0.1, -0.05) is 48.5 Å². The Morgan fingerprint density at radius 3 is 2.62 bits per heavy atom. The number of hydrogen-bond acceptors (Lipinski definition) is 0. The first-order valence-corrected chi connectivity index (χ1v) is 5.56. The van der Waals surface area contributed by atoms with Crippen molar-refractivity contribution in [3.05, 3.63) is 78.2 Å². The van der Waals surface area contributed by atoms with E-state index in [2.05, 4.69) is 55.5 Å². The molecule has 0 heteroatoms. The molecule has 0 N–H and O–H groups in total. The zero-order chi connectivity index (χ0) is 11.0. The molecule has 2 aromatic carbocycles. The van der Waals surface area contributed by atoms with Crippen LogP contribution < -0.4 is 0 Å². The Balaban J connectivity index is 2.19. The summed E-state index contributed by atoms with van der Waals surface area (Å²) in [6, 6.07) is 15.1. The van der Waals surface area contributed by atoms with Gasteiger partial charge < -0.3 is 0 Å². The summed E-state index contributed by atoms with van der Waals surface area (Å²) in [5.41, 5.74) is 6.93. The Bertz CT molecular complexity index is 550. The summed E-state index contributed by atoms with van der Waals surface area (Å²) in [5.74, 6) is 0. The molecule has 1 aliphatic rings. The maximum absolute atomic E-state index is 3.78. The molecule has 0 fully saturated rings. The van der Waals surface area contributed by atoms with Crippen molar-refractivity contribution in [3.63, 3.8) is 0 Å². The van der Waals surface area contributed by atoms with Gasteiger partial charge in [-0.05, 0) is 34.2 Å². The lowest BCUT2D eigenvalue weighted by molar-refractivity contribution is 1.23. The Kier molecular flexibility index (Phi) is 2.14. The van der Waals surface area contributed by atoms with Gasteiger partial charge in [-0.15, -0.1) is 6.58 Å². The first-order chi connectivity index (χ1) is 7.90. The van der Waals surface area contributed by atoms with Gasteiger partial charge in [-0.3, -0.25) is 0 Å². The first kappa shape index (κ1) is 9.41. The van der Waals surface area contributed by atoms with Gasteiger partial charge >= 0.3 is 0 Å². The van der Waals surface area contributed by atoms with Crippen molar-refractivity contribution < 1.29 is 0 Å². The predicted octanol–water partition coefficient (Wildman–Crippen LogP) is 4.00. The molecule has 0 saturated carbocycles. The van der Waals surface area contributed by atoms with Gasteiger partial charge in [0, 0.05) is 6.42 Å². The van der Waals surface area contributed by atoms with E-state index in [1.165, 1.54) is 27.8 Å². The Labute approximate surface area is 96.3 Å². The molecule has 0 unspecified atom stereocenters. The average molecular weight is 205 g/mol. The van der Waals surface area contributed by atoms with Crippen LogP contribution in [0.1, 0.15) is 16.7 Å². The molecule has 0 aromatic heterocycles. The lowest BCUT2D eigenvalue weighted by Gasteiger charge is -2.05. The van der Waals surface area contributed by atoms with Crippen LogP contribution in [0, 0.1) is 6.42 Å². The van der Waals surface area contributed by atoms with Gasteiger partial charge in [0.2, 0.25) is 0 Å². The standard InChI is InChI=1S/C16H13/c1-2-6-12-8-5-10-15-14-9-4-3-7-13(14)11-16(12)15/h2-10H,1,11H2. The lowest BCUT2D eigenvalue weighted by atomic mass is 9.99. The van der Waals surface area contributed by atoms with E-state index in [4.69, 9.17) is 0 Å². The fourth-order valence-corrected chi connectivity index (χ4v) is 2.47. The van der Waals surface area contributed by atoms with Gasteiger partial charge in [0.25, 0.3) is 0 Å². The maximum Gasteiger partial charge on any atom is 0.0122 e. The molecule has 0 saturated heterocycles. The van der Waals surface area contributed by atoms with Crippen LogP contribution in [0.4, 0.5) is 0 Å². The average Bonchev–Trinajstić information content (AvgIpc) is 2.69. The smallest absolute Gasteiger partial charge is 0.0122 e. The number of hydrogen-bond donors (Lipinski definition) is 0. The highest BCUT2D eigenvalue weighted by molar-refractivity contribution is 5.78. The Morgan fingerprint density at radius 2 is 1.75 bits per heavy atom. The summed E-state index contributed by atoms with van der Waals surface area (Å²) in [4.78, 5) is 0. The van der Waals surface area contributed by atoms with Gasteiger partial charge in [0.15, 0.2) is 0 Å². The molecule has 3 rings (SSSR count). The normalized spacial score (nSPS) is 12.0. The second-order valence-corrected chi connectivity index (χ2v) is 4.11. The van der Waals surface area contributed by atoms with Crippen LogP contribution in [-0.4, -0.2) is 0 Å². The van der Waals surface area contributed by atoms with Crippen LogP contribution in [0.5, 0.6) is 0 Å². The summed E-state index contributed by atoms with van der Waals surface area (Å²) < 4.78 is 0. The first-order valence-electron chi connectivity index (χ1n) is 5.56. The molecule has 0 aliphatic heterocycles. The number of fused-ring (bicyclic) bond motifs is 3. The molecule has 0 nitrogen and oxygen atoms in total. The molecule has 2 aromatic rings. The molecule has 1 radical (unpaired) electrons. The quantitative estimate of drug-likeness (QED) is 0.593. The van der Waals surface area contributed by atoms with E-state index < -0.39 is 0 Å². The van der Waals surface area contributed by atoms with Crippen molar-refractivity contribution in [1.29, 1.82) is 0 Å². The van der Waals surface area contributed by atoms with Gasteiger partial charge in [-0.2, -0.15) is 0 Å². The summed E-state index contributed by atoms with van der Waals surface area (Å²) in [6.07, 6.45) is 5.00. The van der Waals surface area contributed by atoms with E-state index in [0.29, 0.717) is 0 Å². The van der Waals surface area contributed by atoms with E-state index in [-0.39, 0.29) is 0 Å². The highest BCUT2D eigenvalue weighted by Crippen LogP contribution is 2.38. The summed E-state index contributed by atoms with van der Waals surface area (Å²) in [6.45, 7) is 3.78. The van der Waals surface area contributed by atoms with Gasteiger partial charge in [0.05, 0.1) is 0 Å². The summed E-state index contributed by atoms with van der Waals surface area (Å²) in [7, 11) is 0. The van der Waals surface area contributed by atoms with Crippen molar-refractivity contribution >= 4 is 0 Å². The van der Waals surface area contributed by atoms with Crippen LogP contribution in [-0.2, 0) is 6.42 Å². The predicted molar refractivity (Wildman–Crippen MR) is 68.3 cm³/mol. The van der Waals surface area contributed by atoms with E-state index in [1.54, 1.807) is 0 Å². The van der Waals surface area contributed by atoms with E-state index in [0.717, 1.165) is 6.42 Å². The molecule has 0 heterocycles. The van der Waals surface area contributed by atoms with Gasteiger partial charge in [0.1, 0.15) is 0 Å². The number of rotatable bonds is 2. The lowest BCUT2D eigenvalue weighted by Crippen LogP contribution is -1.88. The fourth-order valence-electron chi connectivity index (χ4n) is 2.47. The van der Waals surface area contributed by atoms with Crippen molar-refractivity contribution in [1.82, 2.24) is 0 Å². The molecule has 0 spiro atoms. The fraction of sp³-hybridized carbons (Fsp3) is 0.0625. The van der Waals surface area contributed by atoms with E-state index >= 15 is 0 Å². The van der Waals surface area contributed by atoms with E-state index in [1.807, 2.05) is 6.08 Å². The van der Waals surface area contributed by atoms with Crippen LogP contribution in [0.25, 0.3) is 11.1 Å². The highest BCUT2D eigenvalue weighted by atomic mass is 14.2. The highest BCUT2D eigenvalue weighted by Gasteiger charge is 2.19. The van der Waals surface area contributed by atoms with Crippen LogP contribution in [0.15, 0.2) is 55.1 Å². The maximum atomic E-state index is 3.78. The largest absolute Gasteiger partial charge is 0.102 e. The summed E-state index contributed by atoms with van der Waals surface area (Å²) >= 11 is 0. The van der Waals surface area contributed by atoms with Crippen molar-refractivity contribution in [2.45, 2.75) is 6.42 Å². The SMILES string of the molecule is C=C[CH]c1cccc2c1Cc1ccccc1-2. The van der Waals surface area contributed by atoms with Crippen molar-refractivity contribution in [2.24, 2.45) is 0 Å². The van der Waals surface area contributed by atoms with E-state index in [9.17, 15) is 0 Å². The molecule has 0 amide bonds. The molecule has 77 valence electrons. The van der Waals surface area contributed by atoms with Crippen molar-refractivity contribution in [3.8, 4) is 11.1 Å². The second-order valence-electron chi connectivity index (χ2n) is 4.11. The van der Waals surface area contributed by atoms with Gasteiger partial charge in [-0.25, -0.2) is 0 Å². The zero-order valence-corrected chi connectivity index (χ0v) is 9.11. The molecule has 0 atom stereocenters. The third kappa shape index (κ3) is 1.30. The minimum atomic E-state index is 1.05. The third-order valence-corrected chi connectivity index (χ3v) is 3.18. The molecular formula is C16H13. The molecular weight excluding hydrogens is 192 g/mol. The Morgan fingerprint density at radius 1 is 0.938 bits per heavy atom. The van der Waals surface area contributed by atoms with Crippen LogP contribution in [0.2, 0.25) is 0 Å². The molecule has 0 bridgehead atoms. The summed E-state index contributed by atoms with van der Waals surface area (Å²) in [5, 5.41) is 0. The van der Waals surface area contributed by atoms with Crippen molar-refractivity contribution in [2.75, 3.05) is 0 Å². The third-order valence-electron chi connectivity index (χ3n) is 3.18. The molecule has 16 heavy (non-hydrogen) atoms. The minimum Gasteiger partial charge on any atom is -0.102 e. The topological polar surface area (TPSA) is 0 Å². The number of benzene rings is 2. The zero-order valence-electron chi connectivity index (χ0n) is 9.11. The monoisotopic (exact) mass is 205 g/mol. The second kappa shape index (κ2) is 3.64. The van der Waals surface area contributed by atoms with Crippen LogP contribution in [0.3, 0.4) is 0 Å². The number of allylic oxidation sites excluding steroid dienone is 1. The minimum absolute atomic E-state index is 1.05. The van der Waals surface area contributed by atoms with Crippen LogP contribution >= 0.6 is 0 Å². The Hall–Kier alpha value is -1.82.